The van der Waals surface area contributed by atoms with Crippen molar-refractivity contribution < 1.29 is 14.7 Å². The minimum Gasteiger partial charge on any atom is -0.480 e. The lowest BCUT2D eigenvalue weighted by molar-refractivity contribution is -0.141. The number of aliphatic carboxylic acids is 1. The van der Waals surface area contributed by atoms with E-state index in [2.05, 4.69) is 5.32 Å². The number of carboxylic acids is 1. The quantitative estimate of drug-likeness (QED) is 0.694. The molecule has 1 aromatic rings. The number of rotatable bonds is 5. The number of hydrogen-bond donors (Lipinski definition) is 3. The van der Waals surface area contributed by atoms with Gasteiger partial charge in [-0.05, 0) is 12.1 Å². The zero-order chi connectivity index (χ0) is 12.1. The lowest BCUT2D eigenvalue weighted by Gasteiger charge is -2.11. The molecule has 1 aromatic heterocycles. The van der Waals surface area contributed by atoms with Crippen LogP contribution in [0, 0.1) is 0 Å². The summed E-state index contributed by atoms with van der Waals surface area (Å²) in [6, 6.07) is 2.83. The highest BCUT2D eigenvalue weighted by Gasteiger charge is 2.19. The predicted molar refractivity (Wildman–Crippen MR) is 61.2 cm³/mol. The molecule has 0 spiro atoms. The summed E-state index contributed by atoms with van der Waals surface area (Å²) in [5.41, 5.74) is 5.46. The monoisotopic (exact) mass is 242 g/mol. The third-order valence-corrected chi connectivity index (χ3v) is 3.13. The van der Waals surface area contributed by atoms with E-state index >= 15 is 0 Å². The summed E-state index contributed by atoms with van der Waals surface area (Å²) < 4.78 is 0. The second-order valence-electron chi connectivity index (χ2n) is 3.37. The van der Waals surface area contributed by atoms with Crippen LogP contribution >= 0.6 is 11.3 Å². The molecule has 0 bridgehead atoms. The molecule has 0 radical (unpaired) electrons. The second kappa shape index (κ2) is 5.62. The van der Waals surface area contributed by atoms with Crippen molar-refractivity contribution in [3.8, 4) is 0 Å². The molecule has 1 heterocycles. The molecule has 0 fully saturated rings. The van der Waals surface area contributed by atoms with E-state index in [9.17, 15) is 9.59 Å². The van der Waals surface area contributed by atoms with Crippen LogP contribution in [0.2, 0.25) is 0 Å². The first-order valence-electron chi connectivity index (χ1n) is 4.80. The van der Waals surface area contributed by atoms with Gasteiger partial charge in [-0.3, -0.25) is 4.79 Å². The first kappa shape index (κ1) is 12.7. The molecule has 0 aliphatic carbocycles. The zero-order valence-electron chi connectivity index (χ0n) is 8.90. The number of carboxylic acid groups (broad SMARTS) is 1. The first-order chi connectivity index (χ1) is 7.52. The fraction of sp³-hybridized carbons (Fsp3) is 0.400. The number of hydrogen-bond acceptors (Lipinski definition) is 4. The van der Waals surface area contributed by atoms with E-state index in [4.69, 9.17) is 10.8 Å². The largest absolute Gasteiger partial charge is 0.480 e. The van der Waals surface area contributed by atoms with Gasteiger partial charge >= 0.3 is 5.97 Å². The fourth-order valence-electron chi connectivity index (χ4n) is 1.29. The van der Waals surface area contributed by atoms with Gasteiger partial charge in [-0.1, -0.05) is 0 Å². The van der Waals surface area contributed by atoms with Crippen molar-refractivity contribution in [3.63, 3.8) is 0 Å². The van der Waals surface area contributed by atoms with Crippen molar-refractivity contribution in [1.29, 1.82) is 0 Å². The molecule has 6 heteroatoms. The molecular weight excluding hydrogens is 228 g/mol. The molecule has 4 N–H and O–H groups in total. The van der Waals surface area contributed by atoms with Crippen LogP contribution < -0.4 is 11.1 Å². The Bertz CT molecular complexity index is 389. The average Bonchev–Trinajstić information content (AvgIpc) is 2.63. The highest BCUT2D eigenvalue weighted by Crippen LogP contribution is 2.17. The Balaban J connectivity index is 2.67. The molecule has 88 valence electrons. The summed E-state index contributed by atoms with van der Waals surface area (Å²) in [5.74, 6) is -1.37. The van der Waals surface area contributed by atoms with Crippen molar-refractivity contribution in [1.82, 2.24) is 5.32 Å². The van der Waals surface area contributed by atoms with Gasteiger partial charge in [-0.2, -0.15) is 0 Å². The molecule has 0 saturated carbocycles. The molecule has 1 rings (SSSR count). The summed E-state index contributed by atoms with van der Waals surface area (Å²) in [7, 11) is 0. The van der Waals surface area contributed by atoms with Crippen LogP contribution in [-0.2, 0) is 22.6 Å². The maximum atomic E-state index is 10.9. The van der Waals surface area contributed by atoms with Gasteiger partial charge in [0.2, 0.25) is 5.91 Å². The van der Waals surface area contributed by atoms with Gasteiger partial charge in [0.15, 0.2) is 0 Å². The van der Waals surface area contributed by atoms with Gasteiger partial charge in [-0.15, -0.1) is 11.3 Å². The molecule has 0 unspecified atom stereocenters. The van der Waals surface area contributed by atoms with Crippen LogP contribution in [0.5, 0.6) is 0 Å². The van der Waals surface area contributed by atoms with Gasteiger partial charge in [0.25, 0.3) is 0 Å². The van der Waals surface area contributed by atoms with Crippen molar-refractivity contribution in [2.75, 3.05) is 0 Å². The highest BCUT2D eigenvalue weighted by molar-refractivity contribution is 7.12. The predicted octanol–water partition coefficient (Wildman–Crippen LogP) is 0.339. The number of carbonyl (C=O) groups excluding carboxylic acids is 1. The minimum atomic E-state index is -1.03. The van der Waals surface area contributed by atoms with Crippen LogP contribution in [-0.4, -0.2) is 23.0 Å². The highest BCUT2D eigenvalue weighted by atomic mass is 32.1. The number of thiophene rings is 1. The van der Waals surface area contributed by atoms with Crippen molar-refractivity contribution in [2.45, 2.75) is 25.9 Å². The van der Waals surface area contributed by atoms with E-state index in [0.29, 0.717) is 13.0 Å². The van der Waals surface area contributed by atoms with Crippen molar-refractivity contribution in [2.24, 2.45) is 5.73 Å². The van der Waals surface area contributed by atoms with Gasteiger partial charge in [0.05, 0.1) is 0 Å². The topological polar surface area (TPSA) is 92.4 Å². The third kappa shape index (κ3) is 3.63. The standard InChI is InChI=1S/C10H14N2O3S/c1-6(13)12-9(10(14)15)4-7-2-3-8(5-11)16-7/h2-3,9H,4-5,11H2,1H3,(H,12,13)(H,14,15)/t9-/m0/s1. The molecule has 16 heavy (non-hydrogen) atoms. The van der Waals surface area contributed by atoms with Crippen LogP contribution in [0.25, 0.3) is 0 Å². The minimum absolute atomic E-state index is 0.291. The fourth-order valence-corrected chi connectivity index (χ4v) is 2.23. The first-order valence-corrected chi connectivity index (χ1v) is 5.62. The Labute approximate surface area is 97.3 Å². The van der Waals surface area contributed by atoms with E-state index in [-0.39, 0.29) is 5.91 Å². The van der Waals surface area contributed by atoms with Gasteiger partial charge in [0, 0.05) is 29.6 Å². The summed E-state index contributed by atoms with van der Waals surface area (Å²) in [5, 5.41) is 11.3. The lowest BCUT2D eigenvalue weighted by atomic mass is 10.2. The molecule has 0 aliphatic heterocycles. The second-order valence-corrected chi connectivity index (χ2v) is 4.62. The van der Waals surface area contributed by atoms with Gasteiger partial charge < -0.3 is 16.2 Å². The normalized spacial score (nSPS) is 12.1. The Morgan fingerprint density at radius 2 is 2.12 bits per heavy atom. The Morgan fingerprint density at radius 1 is 1.50 bits per heavy atom. The molecule has 0 saturated heterocycles. The Hall–Kier alpha value is -1.40. The summed E-state index contributed by atoms with van der Waals surface area (Å²) in [4.78, 5) is 23.6. The zero-order valence-corrected chi connectivity index (χ0v) is 9.71. The lowest BCUT2D eigenvalue weighted by Crippen LogP contribution is -2.40. The van der Waals surface area contributed by atoms with Crippen LogP contribution in [0.15, 0.2) is 12.1 Å². The molecular formula is C10H14N2O3S. The SMILES string of the molecule is CC(=O)N[C@@H](Cc1ccc(CN)s1)C(=O)O. The van der Waals surface area contributed by atoms with E-state index in [1.54, 1.807) is 0 Å². The van der Waals surface area contributed by atoms with Crippen LogP contribution in [0.1, 0.15) is 16.7 Å². The number of nitrogens with two attached hydrogens (primary N) is 1. The molecule has 1 amide bonds. The van der Waals surface area contributed by atoms with Crippen LogP contribution in [0.3, 0.4) is 0 Å². The van der Waals surface area contributed by atoms with Crippen LogP contribution in [0.4, 0.5) is 0 Å². The molecule has 1 atom stereocenters. The van der Waals surface area contributed by atoms with E-state index in [1.807, 2.05) is 12.1 Å². The summed E-state index contributed by atoms with van der Waals surface area (Å²) in [6.07, 6.45) is 0.291. The number of amides is 1. The average molecular weight is 242 g/mol. The smallest absolute Gasteiger partial charge is 0.326 e. The van der Waals surface area contributed by atoms with Crippen molar-refractivity contribution >= 4 is 23.2 Å². The number of carbonyl (C=O) groups is 2. The maximum Gasteiger partial charge on any atom is 0.326 e. The van der Waals surface area contributed by atoms with Crippen molar-refractivity contribution in [3.05, 3.63) is 21.9 Å². The third-order valence-electron chi connectivity index (χ3n) is 2.00. The van der Waals surface area contributed by atoms with E-state index in [1.165, 1.54) is 18.3 Å². The van der Waals surface area contributed by atoms with Gasteiger partial charge in [0.1, 0.15) is 6.04 Å². The summed E-state index contributed by atoms with van der Waals surface area (Å²) >= 11 is 1.47. The summed E-state index contributed by atoms with van der Waals surface area (Å²) in [6.45, 7) is 1.75. The Morgan fingerprint density at radius 3 is 2.56 bits per heavy atom. The van der Waals surface area contributed by atoms with E-state index < -0.39 is 12.0 Å². The maximum absolute atomic E-state index is 10.9. The molecule has 5 nitrogen and oxygen atoms in total. The van der Waals surface area contributed by atoms with E-state index in [0.717, 1.165) is 9.75 Å². The van der Waals surface area contributed by atoms with Gasteiger partial charge in [-0.25, -0.2) is 4.79 Å². The Kier molecular flexibility index (Phi) is 4.45. The molecule has 0 aliphatic rings. The number of nitrogens with one attached hydrogen (secondary N) is 1. The molecule has 0 aromatic carbocycles.